The normalized spacial score (nSPS) is 23.0. The number of carbonyl (C=O) groups excluding carboxylic acids is 1. The van der Waals surface area contributed by atoms with Crippen molar-refractivity contribution in [2.75, 3.05) is 19.8 Å². The highest BCUT2D eigenvalue weighted by Gasteiger charge is 2.37. The zero-order valence-electron chi connectivity index (χ0n) is 13.7. The average Bonchev–Trinajstić information content (AvgIpc) is 3.12. The molecule has 1 amide bonds. The fourth-order valence-electron chi connectivity index (χ4n) is 2.83. The number of hydrogen-bond acceptors (Lipinski definition) is 5. The predicted octanol–water partition coefficient (Wildman–Crippen LogP) is 2.25. The second kappa shape index (κ2) is 9.48. The van der Waals surface area contributed by atoms with Crippen molar-refractivity contribution >= 4 is 17.2 Å². The van der Waals surface area contributed by atoms with Gasteiger partial charge in [-0.2, -0.15) is 11.3 Å². The molecular weight excluding hydrogens is 326 g/mol. The third-order valence-electron chi connectivity index (χ3n) is 3.91. The number of carbonyl (C=O) groups is 1. The van der Waals surface area contributed by atoms with Crippen molar-refractivity contribution < 1.29 is 19.4 Å². The first-order chi connectivity index (χ1) is 11.7. The number of rotatable bonds is 8. The van der Waals surface area contributed by atoms with Gasteiger partial charge in [0.1, 0.15) is 0 Å². The Hall–Kier alpha value is -1.81. The third-order valence-corrected chi connectivity index (χ3v) is 4.62. The SMILES string of the molecule is C#CCNC(=O)C1=C[C@@H](c2ccsc2)[C@@H](CCCO)[C@@H](OCC)O1. The van der Waals surface area contributed by atoms with E-state index in [1.807, 2.05) is 24.4 Å². The largest absolute Gasteiger partial charge is 0.459 e. The van der Waals surface area contributed by atoms with Gasteiger partial charge in [-0.3, -0.25) is 4.79 Å². The summed E-state index contributed by atoms with van der Waals surface area (Å²) in [4.78, 5) is 12.2. The molecule has 1 aliphatic heterocycles. The summed E-state index contributed by atoms with van der Waals surface area (Å²) in [5, 5.41) is 15.9. The third kappa shape index (κ3) is 4.60. The lowest BCUT2D eigenvalue weighted by Crippen LogP contribution is -2.39. The molecule has 24 heavy (non-hydrogen) atoms. The van der Waals surface area contributed by atoms with Gasteiger partial charge in [0.25, 0.3) is 5.91 Å². The maximum Gasteiger partial charge on any atom is 0.286 e. The van der Waals surface area contributed by atoms with E-state index in [4.69, 9.17) is 15.9 Å². The van der Waals surface area contributed by atoms with Gasteiger partial charge in [-0.25, -0.2) is 0 Å². The van der Waals surface area contributed by atoms with Crippen molar-refractivity contribution in [3.63, 3.8) is 0 Å². The van der Waals surface area contributed by atoms with E-state index in [-0.39, 0.29) is 36.7 Å². The number of ether oxygens (including phenoxy) is 2. The lowest BCUT2D eigenvalue weighted by Gasteiger charge is -2.36. The number of amides is 1. The first-order valence-electron chi connectivity index (χ1n) is 8.06. The fraction of sp³-hybridized carbons (Fsp3) is 0.500. The van der Waals surface area contributed by atoms with Gasteiger partial charge < -0.3 is 19.9 Å². The van der Waals surface area contributed by atoms with Gasteiger partial charge in [-0.15, -0.1) is 6.42 Å². The molecule has 2 heterocycles. The number of nitrogens with one attached hydrogen (secondary N) is 1. The molecule has 1 aliphatic rings. The molecule has 1 aromatic heterocycles. The Morgan fingerprint density at radius 2 is 2.42 bits per heavy atom. The zero-order valence-corrected chi connectivity index (χ0v) is 14.6. The topological polar surface area (TPSA) is 67.8 Å². The van der Waals surface area contributed by atoms with Gasteiger partial charge in [-0.1, -0.05) is 5.92 Å². The average molecular weight is 349 g/mol. The summed E-state index contributed by atoms with van der Waals surface area (Å²) < 4.78 is 11.5. The number of hydrogen-bond donors (Lipinski definition) is 2. The van der Waals surface area contributed by atoms with Gasteiger partial charge in [-0.05, 0) is 48.2 Å². The van der Waals surface area contributed by atoms with Gasteiger partial charge >= 0.3 is 0 Å². The van der Waals surface area contributed by atoms with Crippen LogP contribution in [-0.2, 0) is 14.3 Å². The molecule has 0 radical (unpaired) electrons. The highest BCUT2D eigenvalue weighted by atomic mass is 32.1. The van der Waals surface area contributed by atoms with Crippen LogP contribution in [0.5, 0.6) is 0 Å². The molecule has 5 nitrogen and oxygen atoms in total. The molecule has 1 aromatic rings. The lowest BCUT2D eigenvalue weighted by molar-refractivity contribution is -0.166. The summed E-state index contributed by atoms with van der Waals surface area (Å²) in [6.45, 7) is 2.64. The Labute approximate surface area is 146 Å². The van der Waals surface area contributed by atoms with Crippen molar-refractivity contribution in [2.24, 2.45) is 5.92 Å². The molecule has 6 heteroatoms. The maximum absolute atomic E-state index is 12.2. The van der Waals surface area contributed by atoms with E-state index >= 15 is 0 Å². The van der Waals surface area contributed by atoms with Crippen LogP contribution in [-0.4, -0.2) is 37.1 Å². The lowest BCUT2D eigenvalue weighted by atomic mass is 9.81. The van der Waals surface area contributed by atoms with Crippen LogP contribution in [0.3, 0.4) is 0 Å². The van der Waals surface area contributed by atoms with Crippen LogP contribution in [0.2, 0.25) is 0 Å². The van der Waals surface area contributed by atoms with E-state index in [0.717, 1.165) is 12.0 Å². The first kappa shape index (κ1) is 18.5. The quantitative estimate of drug-likeness (QED) is 0.707. The molecule has 0 spiro atoms. The van der Waals surface area contributed by atoms with Crippen LogP contribution in [0.15, 0.2) is 28.7 Å². The second-order valence-corrected chi connectivity index (χ2v) is 6.25. The van der Waals surface area contributed by atoms with Crippen LogP contribution in [0.25, 0.3) is 0 Å². The summed E-state index contributed by atoms with van der Waals surface area (Å²) in [7, 11) is 0. The van der Waals surface area contributed by atoms with Gasteiger partial charge in [0.15, 0.2) is 5.76 Å². The minimum Gasteiger partial charge on any atom is -0.459 e. The molecule has 0 fully saturated rings. The number of allylic oxidation sites excluding steroid dienone is 1. The molecule has 0 aliphatic carbocycles. The summed E-state index contributed by atoms with van der Waals surface area (Å²) >= 11 is 1.61. The van der Waals surface area contributed by atoms with E-state index < -0.39 is 6.29 Å². The molecule has 3 atom stereocenters. The van der Waals surface area contributed by atoms with Crippen molar-refractivity contribution in [3.8, 4) is 12.3 Å². The standard InChI is InChI=1S/C18H23NO4S/c1-3-8-19-17(21)16-11-15(13-7-10-24-12-13)14(6-5-9-20)18(23-16)22-4-2/h1,7,10-12,14-15,18,20H,4-6,8-9H2,2H3,(H,19,21)/t14-,15+,18+/m1/s1. The van der Waals surface area contributed by atoms with Crippen LogP contribution >= 0.6 is 11.3 Å². The van der Waals surface area contributed by atoms with Crippen molar-refractivity contribution in [3.05, 3.63) is 34.2 Å². The Kier molecular flexibility index (Phi) is 7.32. The van der Waals surface area contributed by atoms with E-state index in [1.165, 1.54) is 0 Å². The van der Waals surface area contributed by atoms with Crippen molar-refractivity contribution in [2.45, 2.75) is 32.0 Å². The number of thiophene rings is 1. The van der Waals surface area contributed by atoms with Crippen molar-refractivity contribution in [1.82, 2.24) is 5.32 Å². The van der Waals surface area contributed by atoms with Gasteiger partial charge in [0.05, 0.1) is 6.54 Å². The molecule has 0 aromatic carbocycles. The minimum atomic E-state index is -0.525. The van der Waals surface area contributed by atoms with Crippen LogP contribution < -0.4 is 5.32 Å². The molecule has 0 saturated heterocycles. The molecule has 2 rings (SSSR count). The first-order valence-corrected chi connectivity index (χ1v) is 9.00. The van der Waals surface area contributed by atoms with Crippen molar-refractivity contribution in [1.29, 1.82) is 0 Å². The molecule has 0 bridgehead atoms. The van der Waals surface area contributed by atoms with Gasteiger partial charge in [0.2, 0.25) is 6.29 Å². The zero-order chi connectivity index (χ0) is 17.4. The predicted molar refractivity (Wildman–Crippen MR) is 93.3 cm³/mol. The van der Waals surface area contributed by atoms with E-state index in [2.05, 4.69) is 16.6 Å². The highest BCUT2D eigenvalue weighted by Crippen LogP contribution is 2.39. The summed E-state index contributed by atoms with van der Waals surface area (Å²) in [6.07, 6.45) is 7.91. The van der Waals surface area contributed by atoms with Crippen LogP contribution in [0.4, 0.5) is 0 Å². The Bertz CT molecular complexity index is 591. The van der Waals surface area contributed by atoms with Gasteiger partial charge in [0, 0.05) is 25.0 Å². The smallest absolute Gasteiger partial charge is 0.286 e. The molecular formula is C18H23NO4S. The van der Waals surface area contributed by atoms with E-state index in [9.17, 15) is 9.90 Å². The molecule has 0 unspecified atom stereocenters. The maximum atomic E-state index is 12.2. The molecule has 0 saturated carbocycles. The highest BCUT2D eigenvalue weighted by molar-refractivity contribution is 7.08. The second-order valence-electron chi connectivity index (χ2n) is 5.47. The summed E-state index contributed by atoms with van der Waals surface area (Å²) in [5.41, 5.74) is 1.12. The number of terminal acetylenes is 1. The molecule has 2 N–H and O–H groups in total. The number of aliphatic hydroxyl groups is 1. The van der Waals surface area contributed by atoms with E-state index in [0.29, 0.717) is 13.0 Å². The monoisotopic (exact) mass is 349 g/mol. The summed E-state index contributed by atoms with van der Waals surface area (Å²) in [6, 6.07) is 2.04. The fourth-order valence-corrected chi connectivity index (χ4v) is 3.54. The van der Waals surface area contributed by atoms with Crippen LogP contribution in [0, 0.1) is 18.3 Å². The number of aliphatic hydroxyl groups excluding tert-OH is 1. The Morgan fingerprint density at radius 3 is 3.04 bits per heavy atom. The summed E-state index contributed by atoms with van der Waals surface area (Å²) in [5.74, 6) is 2.32. The molecule has 130 valence electrons. The Morgan fingerprint density at radius 1 is 1.58 bits per heavy atom. The minimum absolute atomic E-state index is 0.000291. The van der Waals surface area contributed by atoms with E-state index in [1.54, 1.807) is 11.3 Å². The van der Waals surface area contributed by atoms with Crippen LogP contribution in [0.1, 0.15) is 31.2 Å². The Balaban J connectivity index is 2.30.